The molecule has 0 bridgehead atoms. The van der Waals surface area contributed by atoms with Crippen LogP contribution in [0.4, 0.5) is 10.5 Å². The summed E-state index contributed by atoms with van der Waals surface area (Å²) in [6.45, 7) is 0.532. The van der Waals surface area contributed by atoms with Gasteiger partial charge in [0.15, 0.2) is 0 Å². The van der Waals surface area contributed by atoms with Crippen LogP contribution < -0.4 is 10.6 Å². The van der Waals surface area contributed by atoms with Crippen molar-refractivity contribution in [1.29, 1.82) is 0 Å². The third-order valence-corrected chi connectivity index (χ3v) is 4.07. The number of hydrogen-bond acceptors (Lipinski definition) is 5. The second-order valence-corrected chi connectivity index (χ2v) is 6.45. The van der Waals surface area contributed by atoms with E-state index in [-0.39, 0.29) is 18.9 Å². The number of carbonyl (C=O) groups is 2. The first-order chi connectivity index (χ1) is 13.6. The average molecular weight is 400 g/mol. The number of anilines is 1. The predicted octanol–water partition coefficient (Wildman–Crippen LogP) is 3.94. The van der Waals surface area contributed by atoms with E-state index in [1.165, 1.54) is 12.5 Å². The molecule has 0 aliphatic carbocycles. The van der Waals surface area contributed by atoms with Gasteiger partial charge in [-0.3, -0.25) is 10.1 Å². The molecule has 0 saturated heterocycles. The van der Waals surface area contributed by atoms with Gasteiger partial charge in [-0.1, -0.05) is 41.0 Å². The minimum absolute atomic E-state index is 0.129. The second kappa shape index (κ2) is 9.57. The molecule has 7 nitrogen and oxygen atoms in total. The molecule has 0 radical (unpaired) electrons. The summed E-state index contributed by atoms with van der Waals surface area (Å²) in [5, 5.41) is 9.65. The lowest BCUT2D eigenvalue weighted by molar-refractivity contribution is -0.120. The fraction of sp³-hybridized carbons (Fsp3) is 0.150. The van der Waals surface area contributed by atoms with Gasteiger partial charge in [0.25, 0.3) is 0 Å². The van der Waals surface area contributed by atoms with Crippen molar-refractivity contribution in [2.24, 2.45) is 0 Å². The Morgan fingerprint density at radius 3 is 2.39 bits per heavy atom. The van der Waals surface area contributed by atoms with E-state index < -0.39 is 6.09 Å². The van der Waals surface area contributed by atoms with Crippen LogP contribution in [0.3, 0.4) is 0 Å². The molecule has 0 fully saturated rings. The second-order valence-electron chi connectivity index (χ2n) is 6.01. The van der Waals surface area contributed by atoms with Crippen LogP contribution in [0.15, 0.2) is 65.5 Å². The third kappa shape index (κ3) is 6.14. The highest BCUT2D eigenvalue weighted by Crippen LogP contribution is 2.12. The predicted molar refractivity (Wildman–Crippen MR) is 104 cm³/mol. The van der Waals surface area contributed by atoms with E-state index in [9.17, 15) is 9.59 Å². The van der Waals surface area contributed by atoms with Crippen LogP contribution >= 0.6 is 11.6 Å². The molecule has 0 atom stereocenters. The molecule has 3 aromatic rings. The van der Waals surface area contributed by atoms with Gasteiger partial charge in [-0.05, 0) is 35.4 Å². The van der Waals surface area contributed by atoms with E-state index >= 15 is 0 Å². The monoisotopic (exact) mass is 399 g/mol. The smallest absolute Gasteiger partial charge is 0.411 e. The molecule has 28 heavy (non-hydrogen) atoms. The number of nitrogens with zero attached hydrogens (tertiary/aromatic N) is 1. The van der Waals surface area contributed by atoms with E-state index in [0.717, 1.165) is 11.1 Å². The molecule has 0 spiro atoms. The number of halogens is 1. The first-order valence-corrected chi connectivity index (χ1v) is 8.88. The molecule has 1 aromatic heterocycles. The van der Waals surface area contributed by atoms with Crippen LogP contribution in [0.25, 0.3) is 0 Å². The summed E-state index contributed by atoms with van der Waals surface area (Å²) in [6.07, 6.45) is 2.60. The molecule has 8 heteroatoms. The molecule has 3 rings (SSSR count). The minimum atomic E-state index is -0.551. The number of ether oxygens (including phenoxy) is 1. The maximum Gasteiger partial charge on any atom is 0.411 e. The summed E-state index contributed by atoms with van der Waals surface area (Å²) < 4.78 is 9.86. The Balaban J connectivity index is 1.41. The van der Waals surface area contributed by atoms with Crippen molar-refractivity contribution >= 4 is 29.3 Å². The lowest BCUT2D eigenvalue weighted by atomic mass is 10.2. The summed E-state index contributed by atoms with van der Waals surface area (Å²) in [4.78, 5) is 23.7. The fourth-order valence-electron chi connectivity index (χ4n) is 2.35. The molecular weight excluding hydrogens is 382 g/mol. The Bertz CT molecular complexity index is 910. The van der Waals surface area contributed by atoms with Crippen LogP contribution in [0.2, 0.25) is 5.02 Å². The largest absolute Gasteiger partial charge is 0.444 e. The number of carbonyl (C=O) groups excluding carboxylic acids is 2. The van der Waals surface area contributed by atoms with E-state index in [2.05, 4.69) is 15.8 Å². The van der Waals surface area contributed by atoms with Crippen molar-refractivity contribution in [1.82, 2.24) is 10.5 Å². The van der Waals surface area contributed by atoms with E-state index in [0.29, 0.717) is 22.8 Å². The van der Waals surface area contributed by atoms with Crippen molar-refractivity contribution in [2.75, 3.05) is 5.32 Å². The molecule has 2 amide bonds. The standard InChI is InChI=1S/C20H18ClN3O4/c21-17-5-1-15(2-6-17)12-27-20(26)24-18-7-3-14(4-8-18)10-22-19(25)9-16-11-23-28-13-16/h1-8,11,13H,9-10,12H2,(H,22,25)(H,24,26). The number of nitrogens with one attached hydrogen (secondary N) is 2. The van der Waals surface area contributed by atoms with Crippen LogP contribution in [-0.4, -0.2) is 17.2 Å². The maximum absolute atomic E-state index is 11.9. The minimum Gasteiger partial charge on any atom is -0.444 e. The summed E-state index contributed by atoms with van der Waals surface area (Å²) in [7, 11) is 0. The molecule has 1 heterocycles. The molecule has 2 aromatic carbocycles. The Morgan fingerprint density at radius 2 is 1.71 bits per heavy atom. The SMILES string of the molecule is O=C(Cc1cnoc1)NCc1ccc(NC(=O)OCc2ccc(Cl)cc2)cc1. The lowest BCUT2D eigenvalue weighted by Crippen LogP contribution is -2.24. The van der Waals surface area contributed by atoms with Crippen molar-refractivity contribution < 1.29 is 18.8 Å². The van der Waals surface area contributed by atoms with Crippen molar-refractivity contribution in [3.05, 3.63) is 82.7 Å². The number of benzene rings is 2. The zero-order chi connectivity index (χ0) is 19.8. The fourth-order valence-corrected chi connectivity index (χ4v) is 2.48. The van der Waals surface area contributed by atoms with Gasteiger partial charge in [-0.2, -0.15) is 0 Å². The Hall–Kier alpha value is -3.32. The quantitative estimate of drug-likeness (QED) is 0.627. The highest BCUT2D eigenvalue weighted by atomic mass is 35.5. The van der Waals surface area contributed by atoms with Gasteiger partial charge in [0, 0.05) is 22.8 Å². The van der Waals surface area contributed by atoms with Gasteiger partial charge in [0.2, 0.25) is 5.91 Å². The molecular formula is C20H18ClN3O4. The van der Waals surface area contributed by atoms with Crippen LogP contribution in [0.1, 0.15) is 16.7 Å². The average Bonchev–Trinajstić information content (AvgIpc) is 3.20. The highest BCUT2D eigenvalue weighted by Gasteiger charge is 2.06. The maximum atomic E-state index is 11.9. The van der Waals surface area contributed by atoms with Gasteiger partial charge >= 0.3 is 6.09 Å². The summed E-state index contributed by atoms with van der Waals surface area (Å²) in [5.41, 5.74) is 3.06. The molecule has 0 saturated carbocycles. The third-order valence-electron chi connectivity index (χ3n) is 3.82. The number of rotatable bonds is 7. The normalized spacial score (nSPS) is 10.3. The highest BCUT2D eigenvalue weighted by molar-refractivity contribution is 6.30. The Kier molecular flexibility index (Phi) is 6.64. The Labute approximate surface area is 166 Å². The number of aromatic nitrogens is 1. The molecule has 0 aliphatic rings. The zero-order valence-electron chi connectivity index (χ0n) is 14.9. The summed E-state index contributed by atoms with van der Waals surface area (Å²) in [5.74, 6) is -0.129. The topological polar surface area (TPSA) is 93.5 Å². The van der Waals surface area contributed by atoms with Crippen molar-refractivity contribution in [2.45, 2.75) is 19.6 Å². The van der Waals surface area contributed by atoms with Gasteiger partial charge < -0.3 is 14.6 Å². The summed E-state index contributed by atoms with van der Waals surface area (Å²) in [6, 6.07) is 14.2. The molecule has 0 unspecified atom stereocenters. The van der Waals surface area contributed by atoms with Crippen molar-refractivity contribution in [3.8, 4) is 0 Å². The van der Waals surface area contributed by atoms with Crippen LogP contribution in [0, 0.1) is 0 Å². The summed E-state index contributed by atoms with van der Waals surface area (Å²) >= 11 is 5.82. The van der Waals surface area contributed by atoms with E-state index in [4.69, 9.17) is 20.9 Å². The van der Waals surface area contributed by atoms with Crippen LogP contribution in [0.5, 0.6) is 0 Å². The number of hydrogen-bond donors (Lipinski definition) is 2. The number of amides is 2. The first-order valence-electron chi connectivity index (χ1n) is 8.50. The van der Waals surface area contributed by atoms with Gasteiger partial charge in [-0.15, -0.1) is 0 Å². The van der Waals surface area contributed by atoms with Crippen molar-refractivity contribution in [3.63, 3.8) is 0 Å². The Morgan fingerprint density at radius 1 is 1.00 bits per heavy atom. The first kappa shape index (κ1) is 19.4. The van der Waals surface area contributed by atoms with E-state index in [1.54, 1.807) is 36.4 Å². The lowest BCUT2D eigenvalue weighted by Gasteiger charge is -2.09. The van der Waals surface area contributed by atoms with Gasteiger partial charge in [0.1, 0.15) is 12.9 Å². The van der Waals surface area contributed by atoms with Gasteiger partial charge in [-0.25, -0.2) is 4.79 Å². The van der Waals surface area contributed by atoms with E-state index in [1.807, 2.05) is 12.1 Å². The van der Waals surface area contributed by atoms with Gasteiger partial charge in [0.05, 0.1) is 12.6 Å². The molecule has 144 valence electrons. The molecule has 0 aliphatic heterocycles. The molecule has 2 N–H and O–H groups in total. The van der Waals surface area contributed by atoms with Crippen LogP contribution in [-0.2, 0) is 29.1 Å². The zero-order valence-corrected chi connectivity index (χ0v) is 15.6.